The third kappa shape index (κ3) is 2.59. The molecule has 0 spiro atoms. The van der Waals surface area contributed by atoms with E-state index in [9.17, 15) is 14.9 Å². The van der Waals surface area contributed by atoms with Gasteiger partial charge < -0.3 is 0 Å². The summed E-state index contributed by atoms with van der Waals surface area (Å²) in [6, 6.07) is 9.11. The lowest BCUT2D eigenvalue weighted by molar-refractivity contribution is -0.384. The van der Waals surface area contributed by atoms with Gasteiger partial charge in [-0.05, 0) is 40.2 Å². The number of ketones is 1. The van der Waals surface area contributed by atoms with Crippen LogP contribution in [0.3, 0.4) is 0 Å². The summed E-state index contributed by atoms with van der Waals surface area (Å²) >= 11 is 4.62. The number of benzene rings is 1. The van der Waals surface area contributed by atoms with Gasteiger partial charge in [0.05, 0.1) is 13.6 Å². The minimum atomic E-state index is -0.490. The average Bonchev–Trinajstić information content (AvgIpc) is 2.75. The minimum Gasteiger partial charge on any atom is -0.288 e. The number of halogens is 1. The van der Waals surface area contributed by atoms with Crippen LogP contribution >= 0.6 is 27.3 Å². The number of hydrogen-bond acceptors (Lipinski definition) is 4. The average molecular weight is 312 g/mol. The van der Waals surface area contributed by atoms with Crippen molar-refractivity contribution in [3.8, 4) is 0 Å². The van der Waals surface area contributed by atoms with Gasteiger partial charge >= 0.3 is 0 Å². The Kier molecular flexibility index (Phi) is 3.35. The quantitative estimate of drug-likeness (QED) is 0.494. The highest BCUT2D eigenvalue weighted by Gasteiger charge is 2.13. The zero-order valence-electron chi connectivity index (χ0n) is 8.42. The monoisotopic (exact) mass is 311 g/mol. The fourth-order valence-corrected chi connectivity index (χ4v) is 2.66. The molecule has 0 N–H and O–H groups in total. The number of nitro benzene ring substituents is 1. The van der Waals surface area contributed by atoms with E-state index in [0.29, 0.717) is 10.4 Å². The van der Waals surface area contributed by atoms with Gasteiger partial charge in [-0.2, -0.15) is 0 Å². The Morgan fingerprint density at radius 1 is 1.18 bits per heavy atom. The molecule has 0 fully saturated rings. The molecule has 0 bridgehead atoms. The number of nitrogens with zero attached hydrogens (tertiary/aromatic N) is 1. The van der Waals surface area contributed by atoms with Crippen molar-refractivity contribution in [1.29, 1.82) is 0 Å². The van der Waals surface area contributed by atoms with Crippen LogP contribution in [0.5, 0.6) is 0 Å². The van der Waals surface area contributed by atoms with E-state index < -0.39 is 4.92 Å². The van der Waals surface area contributed by atoms with E-state index in [4.69, 9.17) is 0 Å². The van der Waals surface area contributed by atoms with E-state index in [1.54, 1.807) is 12.1 Å². The number of rotatable bonds is 3. The van der Waals surface area contributed by atoms with Crippen LogP contribution in [0.2, 0.25) is 0 Å². The van der Waals surface area contributed by atoms with E-state index in [1.807, 2.05) is 0 Å². The second-order valence-corrected chi connectivity index (χ2v) is 5.70. The minimum absolute atomic E-state index is 0.0195. The first-order valence-corrected chi connectivity index (χ1v) is 6.23. The van der Waals surface area contributed by atoms with Crippen LogP contribution in [0.1, 0.15) is 15.2 Å². The van der Waals surface area contributed by atoms with Crippen molar-refractivity contribution >= 4 is 38.7 Å². The van der Waals surface area contributed by atoms with Gasteiger partial charge in [0, 0.05) is 17.7 Å². The van der Waals surface area contributed by atoms with E-state index in [2.05, 4.69) is 15.9 Å². The molecule has 0 saturated heterocycles. The molecule has 0 unspecified atom stereocenters. The largest absolute Gasteiger partial charge is 0.288 e. The molecule has 17 heavy (non-hydrogen) atoms. The number of non-ortho nitro benzene ring substituents is 1. The van der Waals surface area contributed by atoms with E-state index in [0.717, 1.165) is 3.79 Å². The predicted molar refractivity (Wildman–Crippen MR) is 68.5 cm³/mol. The molecule has 4 nitrogen and oxygen atoms in total. The van der Waals surface area contributed by atoms with Crippen molar-refractivity contribution in [2.24, 2.45) is 0 Å². The smallest absolute Gasteiger partial charge is 0.269 e. The zero-order chi connectivity index (χ0) is 12.4. The molecule has 2 rings (SSSR count). The van der Waals surface area contributed by atoms with Crippen LogP contribution in [0, 0.1) is 10.1 Å². The first-order valence-electron chi connectivity index (χ1n) is 4.62. The molecule has 0 aliphatic carbocycles. The lowest BCUT2D eigenvalue weighted by Crippen LogP contribution is -1.98. The van der Waals surface area contributed by atoms with Crippen molar-refractivity contribution in [2.45, 2.75) is 0 Å². The van der Waals surface area contributed by atoms with Crippen molar-refractivity contribution in [2.75, 3.05) is 0 Å². The molecule has 1 aromatic heterocycles. The molecule has 0 radical (unpaired) electrons. The Bertz CT molecular complexity index is 577. The summed E-state index contributed by atoms with van der Waals surface area (Å²) in [6.45, 7) is 0. The van der Waals surface area contributed by atoms with Crippen molar-refractivity contribution in [3.63, 3.8) is 0 Å². The summed E-state index contributed by atoms with van der Waals surface area (Å²) in [7, 11) is 0. The van der Waals surface area contributed by atoms with Gasteiger partial charge in [-0.15, -0.1) is 11.3 Å². The fraction of sp³-hybridized carbons (Fsp3) is 0. The molecular weight excluding hydrogens is 306 g/mol. The van der Waals surface area contributed by atoms with Gasteiger partial charge in [-0.3, -0.25) is 14.9 Å². The number of nitro groups is 1. The highest BCUT2D eigenvalue weighted by Crippen LogP contribution is 2.25. The Morgan fingerprint density at radius 3 is 2.29 bits per heavy atom. The molecule has 0 saturated carbocycles. The molecule has 0 amide bonds. The molecule has 0 aliphatic heterocycles. The maximum absolute atomic E-state index is 12.0. The number of carbonyl (C=O) groups is 1. The molecule has 2 aromatic rings. The molecular formula is C11H6BrNO3S. The van der Waals surface area contributed by atoms with Crippen LogP contribution in [-0.2, 0) is 0 Å². The second kappa shape index (κ2) is 4.77. The maximum atomic E-state index is 12.0. The SMILES string of the molecule is O=C(c1ccc([N+](=O)[O-])cc1)c1ccc(Br)s1. The van der Waals surface area contributed by atoms with E-state index >= 15 is 0 Å². The summed E-state index contributed by atoms with van der Waals surface area (Å²) in [5, 5.41) is 10.5. The first kappa shape index (κ1) is 11.9. The lowest BCUT2D eigenvalue weighted by Gasteiger charge is -1.97. The third-order valence-corrected chi connectivity index (χ3v) is 3.76. The Morgan fingerprint density at radius 2 is 1.82 bits per heavy atom. The topological polar surface area (TPSA) is 60.2 Å². The number of carbonyl (C=O) groups excluding carboxylic acids is 1. The summed E-state index contributed by atoms with van der Waals surface area (Å²) in [5.41, 5.74) is 0.430. The van der Waals surface area contributed by atoms with Crippen molar-refractivity contribution < 1.29 is 9.72 Å². The van der Waals surface area contributed by atoms with Gasteiger partial charge in [0.2, 0.25) is 5.78 Å². The molecule has 86 valence electrons. The van der Waals surface area contributed by atoms with Crippen LogP contribution in [0.4, 0.5) is 5.69 Å². The second-order valence-electron chi connectivity index (χ2n) is 3.24. The molecule has 1 aromatic carbocycles. The number of hydrogen-bond donors (Lipinski definition) is 0. The molecule has 0 aliphatic rings. The van der Waals surface area contributed by atoms with Crippen LogP contribution < -0.4 is 0 Å². The summed E-state index contributed by atoms with van der Waals surface area (Å²) in [5.74, 6) is -0.129. The van der Waals surface area contributed by atoms with Gasteiger partial charge in [0.15, 0.2) is 0 Å². The maximum Gasteiger partial charge on any atom is 0.269 e. The molecule has 0 atom stereocenters. The third-order valence-electron chi connectivity index (χ3n) is 2.14. The summed E-state index contributed by atoms with van der Waals surface area (Å²) in [6.07, 6.45) is 0. The van der Waals surface area contributed by atoms with Gasteiger partial charge in [-0.25, -0.2) is 0 Å². The normalized spacial score (nSPS) is 10.2. The zero-order valence-corrected chi connectivity index (χ0v) is 10.8. The highest BCUT2D eigenvalue weighted by atomic mass is 79.9. The van der Waals surface area contributed by atoms with Gasteiger partial charge in [0.25, 0.3) is 5.69 Å². The highest BCUT2D eigenvalue weighted by molar-refractivity contribution is 9.11. The van der Waals surface area contributed by atoms with E-state index in [-0.39, 0.29) is 11.5 Å². The van der Waals surface area contributed by atoms with Gasteiger partial charge in [0.1, 0.15) is 0 Å². The fourth-order valence-electron chi connectivity index (χ4n) is 1.31. The molecule has 6 heteroatoms. The van der Waals surface area contributed by atoms with Crippen LogP contribution in [0.25, 0.3) is 0 Å². The standard InChI is InChI=1S/C11H6BrNO3S/c12-10-6-5-9(17-10)11(14)7-1-3-8(4-2-7)13(15)16/h1-6H. The van der Waals surface area contributed by atoms with Crippen molar-refractivity contribution in [1.82, 2.24) is 0 Å². The number of thiophene rings is 1. The van der Waals surface area contributed by atoms with Crippen LogP contribution in [-0.4, -0.2) is 10.7 Å². The molecule has 1 heterocycles. The predicted octanol–water partition coefficient (Wildman–Crippen LogP) is 3.65. The Labute approximate surface area is 109 Å². The van der Waals surface area contributed by atoms with Crippen molar-refractivity contribution in [3.05, 3.63) is 60.7 Å². The van der Waals surface area contributed by atoms with Gasteiger partial charge in [-0.1, -0.05) is 0 Å². The summed E-state index contributed by atoms with van der Waals surface area (Å²) < 4.78 is 0.878. The Hall–Kier alpha value is -1.53. The lowest BCUT2D eigenvalue weighted by atomic mass is 10.1. The first-order chi connectivity index (χ1) is 8.08. The van der Waals surface area contributed by atoms with Crippen LogP contribution in [0.15, 0.2) is 40.2 Å². The Balaban J connectivity index is 2.29. The summed E-state index contributed by atoms with van der Waals surface area (Å²) in [4.78, 5) is 22.5. The van der Waals surface area contributed by atoms with E-state index in [1.165, 1.54) is 35.6 Å².